The van der Waals surface area contributed by atoms with Crippen molar-refractivity contribution < 1.29 is 9.47 Å². The minimum absolute atomic E-state index is 0.590. The first kappa shape index (κ1) is 7.34. The first-order valence-electron chi connectivity index (χ1n) is 2.63. The second-order valence-electron chi connectivity index (χ2n) is 1.34. The Bertz CT molecular complexity index is 70.6. The second-order valence-corrected chi connectivity index (χ2v) is 1.34. The number of hydrogen-bond donors (Lipinski definition) is 0. The summed E-state index contributed by atoms with van der Waals surface area (Å²) in [6, 6.07) is 0. The zero-order chi connectivity index (χ0) is 6.41. The van der Waals surface area contributed by atoms with E-state index in [9.17, 15) is 0 Å². The van der Waals surface area contributed by atoms with Gasteiger partial charge in [0.15, 0.2) is 0 Å². The van der Waals surface area contributed by atoms with Crippen LogP contribution in [0.4, 0.5) is 0 Å². The summed E-state index contributed by atoms with van der Waals surface area (Å²) in [5.41, 5.74) is 0. The highest BCUT2D eigenvalue weighted by molar-refractivity contribution is 4.80. The summed E-state index contributed by atoms with van der Waals surface area (Å²) in [4.78, 5) is 0. The molecule has 0 aliphatic rings. The number of allylic oxidation sites excluding steroid dienone is 1. The summed E-state index contributed by atoms with van der Waals surface area (Å²) in [5, 5.41) is 0. The fraction of sp³-hybridized carbons (Fsp3) is 0.667. The Morgan fingerprint density at radius 2 is 1.88 bits per heavy atom. The molecule has 2 nitrogen and oxygen atoms in total. The zero-order valence-corrected chi connectivity index (χ0v) is 5.60. The lowest BCUT2D eigenvalue weighted by Gasteiger charge is -2.00. The van der Waals surface area contributed by atoms with Crippen LogP contribution in [0, 0.1) is 0 Å². The van der Waals surface area contributed by atoms with E-state index in [-0.39, 0.29) is 0 Å². The number of rotatable bonds is 3. The third-order valence-corrected chi connectivity index (χ3v) is 0.773. The van der Waals surface area contributed by atoms with E-state index in [4.69, 9.17) is 9.47 Å². The molecule has 0 rings (SSSR count). The Balaban J connectivity index is 3.49. The first-order valence-corrected chi connectivity index (χ1v) is 2.63. The summed E-state index contributed by atoms with van der Waals surface area (Å²) in [5.74, 6) is 0.590. The van der Waals surface area contributed by atoms with Crippen molar-refractivity contribution in [2.75, 3.05) is 14.2 Å². The molecule has 0 heterocycles. The molecule has 0 aromatic carbocycles. The molecule has 0 atom stereocenters. The maximum atomic E-state index is 4.78. The van der Waals surface area contributed by atoms with Gasteiger partial charge in [0.25, 0.3) is 5.95 Å². The molecule has 0 aromatic rings. The minimum atomic E-state index is 0.590. The van der Waals surface area contributed by atoms with E-state index in [1.165, 1.54) is 0 Å². The standard InChI is InChI=1S/C6H12O2/c1-4-5-6(7-2)8-3/h5H,4H2,1-3H3. The fourth-order valence-electron chi connectivity index (χ4n) is 0.417. The SMILES string of the molecule is CCC=C(OC)OC. The van der Waals surface area contributed by atoms with Crippen LogP contribution in [-0.4, -0.2) is 14.2 Å². The lowest BCUT2D eigenvalue weighted by Crippen LogP contribution is -1.87. The Labute approximate surface area is 50.1 Å². The third kappa shape index (κ3) is 2.50. The van der Waals surface area contributed by atoms with Crippen molar-refractivity contribution in [2.24, 2.45) is 0 Å². The fourth-order valence-corrected chi connectivity index (χ4v) is 0.417. The molecule has 8 heavy (non-hydrogen) atoms. The van der Waals surface area contributed by atoms with Gasteiger partial charge in [-0.15, -0.1) is 0 Å². The van der Waals surface area contributed by atoms with E-state index >= 15 is 0 Å². The van der Waals surface area contributed by atoms with Crippen LogP contribution in [0.15, 0.2) is 12.0 Å². The maximum absolute atomic E-state index is 4.78. The van der Waals surface area contributed by atoms with Crippen LogP contribution in [0.2, 0.25) is 0 Å². The van der Waals surface area contributed by atoms with E-state index in [2.05, 4.69) is 0 Å². The van der Waals surface area contributed by atoms with Gasteiger partial charge < -0.3 is 9.47 Å². The van der Waals surface area contributed by atoms with Gasteiger partial charge in [-0.1, -0.05) is 6.92 Å². The number of methoxy groups -OCH3 is 2. The maximum Gasteiger partial charge on any atom is 0.274 e. The molecule has 0 aliphatic heterocycles. The predicted molar refractivity (Wildman–Crippen MR) is 32.4 cm³/mol. The van der Waals surface area contributed by atoms with Gasteiger partial charge in [0.2, 0.25) is 0 Å². The van der Waals surface area contributed by atoms with Crippen molar-refractivity contribution >= 4 is 0 Å². The highest BCUT2D eigenvalue weighted by Crippen LogP contribution is 1.95. The van der Waals surface area contributed by atoms with Gasteiger partial charge in [0.05, 0.1) is 14.2 Å². The summed E-state index contributed by atoms with van der Waals surface area (Å²) in [7, 11) is 3.18. The quantitative estimate of drug-likeness (QED) is 0.520. The van der Waals surface area contributed by atoms with E-state index in [1.54, 1.807) is 14.2 Å². The second kappa shape index (κ2) is 4.50. The molecular weight excluding hydrogens is 104 g/mol. The normalized spacial score (nSPS) is 7.88. The summed E-state index contributed by atoms with van der Waals surface area (Å²) in [6.07, 6.45) is 2.82. The van der Waals surface area contributed by atoms with Crippen LogP contribution in [0.5, 0.6) is 0 Å². The van der Waals surface area contributed by atoms with Crippen molar-refractivity contribution in [1.82, 2.24) is 0 Å². The molecule has 0 unspecified atom stereocenters. The molecule has 0 bridgehead atoms. The Kier molecular flexibility index (Phi) is 4.13. The Hall–Kier alpha value is -0.660. The average molecular weight is 116 g/mol. The molecule has 0 aliphatic carbocycles. The largest absolute Gasteiger partial charge is 0.469 e. The van der Waals surface area contributed by atoms with Crippen molar-refractivity contribution in [1.29, 1.82) is 0 Å². The lowest BCUT2D eigenvalue weighted by molar-refractivity contribution is 0.0941. The van der Waals surface area contributed by atoms with E-state index < -0.39 is 0 Å². The number of ether oxygens (including phenoxy) is 2. The molecular formula is C6H12O2. The van der Waals surface area contributed by atoms with Crippen molar-refractivity contribution in [3.8, 4) is 0 Å². The molecule has 2 heteroatoms. The highest BCUT2D eigenvalue weighted by Gasteiger charge is 1.86. The lowest BCUT2D eigenvalue weighted by atomic mass is 10.5. The van der Waals surface area contributed by atoms with Crippen LogP contribution in [0.1, 0.15) is 13.3 Å². The molecule has 0 saturated carbocycles. The Morgan fingerprint density at radius 3 is 2.00 bits per heavy atom. The number of hydrogen-bond acceptors (Lipinski definition) is 2. The third-order valence-electron chi connectivity index (χ3n) is 0.773. The van der Waals surface area contributed by atoms with Crippen molar-refractivity contribution in [3.63, 3.8) is 0 Å². The van der Waals surface area contributed by atoms with Crippen LogP contribution in [0.25, 0.3) is 0 Å². The van der Waals surface area contributed by atoms with Gasteiger partial charge in [-0.3, -0.25) is 0 Å². The minimum Gasteiger partial charge on any atom is -0.469 e. The molecule has 0 fully saturated rings. The molecule has 0 saturated heterocycles. The smallest absolute Gasteiger partial charge is 0.274 e. The van der Waals surface area contributed by atoms with Crippen molar-refractivity contribution in [3.05, 3.63) is 12.0 Å². The van der Waals surface area contributed by atoms with Crippen molar-refractivity contribution in [2.45, 2.75) is 13.3 Å². The van der Waals surface area contributed by atoms with Gasteiger partial charge >= 0.3 is 0 Å². The zero-order valence-electron chi connectivity index (χ0n) is 5.60. The van der Waals surface area contributed by atoms with Gasteiger partial charge in [-0.25, -0.2) is 0 Å². The molecule has 0 spiro atoms. The van der Waals surface area contributed by atoms with Gasteiger partial charge in [-0.05, 0) is 12.5 Å². The molecule has 0 N–H and O–H groups in total. The molecule has 48 valence electrons. The van der Waals surface area contributed by atoms with Crippen LogP contribution < -0.4 is 0 Å². The van der Waals surface area contributed by atoms with Gasteiger partial charge in [0, 0.05) is 0 Å². The van der Waals surface area contributed by atoms with E-state index in [1.807, 2.05) is 13.0 Å². The van der Waals surface area contributed by atoms with Gasteiger partial charge in [-0.2, -0.15) is 0 Å². The highest BCUT2D eigenvalue weighted by atomic mass is 16.7. The first-order chi connectivity index (χ1) is 3.85. The van der Waals surface area contributed by atoms with Crippen LogP contribution in [0.3, 0.4) is 0 Å². The summed E-state index contributed by atoms with van der Waals surface area (Å²) in [6.45, 7) is 2.03. The monoisotopic (exact) mass is 116 g/mol. The molecule has 0 aromatic heterocycles. The van der Waals surface area contributed by atoms with E-state index in [0.717, 1.165) is 6.42 Å². The predicted octanol–water partition coefficient (Wildman–Crippen LogP) is 1.53. The Morgan fingerprint density at radius 1 is 1.38 bits per heavy atom. The van der Waals surface area contributed by atoms with Gasteiger partial charge in [0.1, 0.15) is 0 Å². The van der Waals surface area contributed by atoms with Crippen LogP contribution in [-0.2, 0) is 9.47 Å². The van der Waals surface area contributed by atoms with E-state index in [0.29, 0.717) is 5.95 Å². The molecule has 0 amide bonds. The summed E-state index contributed by atoms with van der Waals surface area (Å²) < 4.78 is 9.56. The summed E-state index contributed by atoms with van der Waals surface area (Å²) >= 11 is 0. The molecule has 0 radical (unpaired) electrons. The van der Waals surface area contributed by atoms with Crippen LogP contribution >= 0.6 is 0 Å². The average Bonchev–Trinajstić information content (AvgIpc) is 1.83. The topological polar surface area (TPSA) is 18.5 Å².